The van der Waals surface area contributed by atoms with Gasteiger partial charge in [0.1, 0.15) is 6.04 Å². The second-order valence-corrected chi connectivity index (χ2v) is 11.5. The van der Waals surface area contributed by atoms with Gasteiger partial charge in [0.05, 0.1) is 0 Å². The zero-order chi connectivity index (χ0) is 25.4. The molecular weight excluding hydrogens is 531 g/mol. The maximum absolute atomic E-state index is 13.6. The van der Waals surface area contributed by atoms with Gasteiger partial charge in [0.15, 0.2) is 0 Å². The maximum atomic E-state index is 13.6. The summed E-state index contributed by atoms with van der Waals surface area (Å²) >= 11 is 0. The van der Waals surface area contributed by atoms with Crippen LogP contribution in [0.1, 0.15) is 55.7 Å². The molecule has 1 spiro atoms. The number of amides is 2. The zero-order valence-corrected chi connectivity index (χ0v) is 24.6. The van der Waals surface area contributed by atoms with Gasteiger partial charge in [0, 0.05) is 44.2 Å². The molecule has 0 aromatic heterocycles. The van der Waals surface area contributed by atoms with Crippen LogP contribution in [0, 0.1) is 0 Å². The fraction of sp³-hybridized carbons (Fsp3) is 0.548. The van der Waals surface area contributed by atoms with Gasteiger partial charge in [-0.15, -0.1) is 24.8 Å². The Morgan fingerprint density at radius 3 is 2.38 bits per heavy atom. The fourth-order valence-corrected chi connectivity index (χ4v) is 7.30. The number of aryl methyl sites for hydroxylation is 1. The number of nitrogens with zero attached hydrogens (tertiary/aromatic N) is 3. The summed E-state index contributed by atoms with van der Waals surface area (Å²) in [7, 11) is 0. The molecule has 39 heavy (non-hydrogen) atoms. The minimum Gasteiger partial charge on any atom is -0.350 e. The number of anilines is 1. The molecule has 2 atom stereocenters. The molecule has 0 bridgehead atoms. The second-order valence-electron chi connectivity index (χ2n) is 11.5. The highest BCUT2D eigenvalue weighted by atomic mass is 35.5. The Morgan fingerprint density at radius 1 is 0.923 bits per heavy atom. The quantitative estimate of drug-likeness (QED) is 0.558. The molecular formula is C31H42Cl2N4O2. The number of likely N-dealkylation sites (tertiary alicyclic amines) is 2. The Balaban J connectivity index is 0.00000176. The topological polar surface area (TPSA) is 55.9 Å². The molecule has 6 nitrogen and oxygen atoms in total. The van der Waals surface area contributed by atoms with Crippen molar-refractivity contribution in [2.45, 2.75) is 69.4 Å². The highest BCUT2D eigenvalue weighted by molar-refractivity contribution is 6.03. The number of nitrogens with one attached hydrogen (secondary N) is 1. The first-order valence-electron chi connectivity index (χ1n) is 14.3. The van der Waals surface area contributed by atoms with Crippen molar-refractivity contribution < 1.29 is 9.59 Å². The Hall–Kier alpha value is -2.12. The highest BCUT2D eigenvalue weighted by Crippen LogP contribution is 2.46. The third kappa shape index (κ3) is 5.85. The van der Waals surface area contributed by atoms with Crippen LogP contribution in [0.4, 0.5) is 5.69 Å². The van der Waals surface area contributed by atoms with E-state index in [4.69, 9.17) is 0 Å². The minimum absolute atomic E-state index is 0. The zero-order valence-electron chi connectivity index (χ0n) is 22.9. The van der Waals surface area contributed by atoms with Crippen LogP contribution in [0.5, 0.6) is 0 Å². The van der Waals surface area contributed by atoms with Gasteiger partial charge in [-0.1, -0.05) is 49.4 Å². The van der Waals surface area contributed by atoms with Crippen molar-refractivity contribution >= 4 is 42.3 Å². The monoisotopic (exact) mass is 572 g/mol. The van der Waals surface area contributed by atoms with Crippen LogP contribution in [0.3, 0.4) is 0 Å². The molecule has 2 aromatic carbocycles. The minimum atomic E-state index is -0.444. The Kier molecular flexibility index (Phi) is 9.64. The number of hydrogen-bond acceptors (Lipinski definition) is 4. The van der Waals surface area contributed by atoms with E-state index in [9.17, 15) is 9.59 Å². The number of carbonyl (C=O) groups excluding carboxylic acids is 2. The van der Waals surface area contributed by atoms with Crippen molar-refractivity contribution in [2.75, 3.05) is 44.2 Å². The van der Waals surface area contributed by atoms with E-state index >= 15 is 0 Å². The van der Waals surface area contributed by atoms with Crippen LogP contribution in [-0.2, 0) is 27.8 Å². The molecule has 8 heteroatoms. The van der Waals surface area contributed by atoms with Crippen molar-refractivity contribution in [1.29, 1.82) is 0 Å². The van der Waals surface area contributed by atoms with Crippen LogP contribution in [-0.4, -0.2) is 73.0 Å². The van der Waals surface area contributed by atoms with Gasteiger partial charge in [0.2, 0.25) is 11.8 Å². The third-order valence-electron chi connectivity index (χ3n) is 9.53. The molecule has 212 valence electrons. The van der Waals surface area contributed by atoms with E-state index in [1.807, 2.05) is 18.2 Å². The highest BCUT2D eigenvalue weighted by Gasteiger charge is 2.42. The number of halogens is 2. The summed E-state index contributed by atoms with van der Waals surface area (Å²) in [5.41, 5.74) is 5.44. The number of piperidine rings is 1. The number of carbonyl (C=O) groups is 2. The lowest BCUT2D eigenvalue weighted by Gasteiger charge is -2.40. The molecule has 0 saturated carbocycles. The average molecular weight is 574 g/mol. The lowest BCUT2D eigenvalue weighted by Crippen LogP contribution is -2.51. The molecule has 6 rings (SSSR count). The predicted molar refractivity (Wildman–Crippen MR) is 161 cm³/mol. The first-order chi connectivity index (χ1) is 18.1. The van der Waals surface area contributed by atoms with Crippen molar-refractivity contribution in [3.05, 3.63) is 65.2 Å². The first kappa shape index (κ1) is 29.9. The number of para-hydroxylation sites is 1. The van der Waals surface area contributed by atoms with E-state index in [1.54, 1.807) is 10.5 Å². The molecule has 1 aliphatic carbocycles. The molecule has 0 radical (unpaired) electrons. The van der Waals surface area contributed by atoms with E-state index in [2.05, 4.69) is 52.4 Å². The van der Waals surface area contributed by atoms with Crippen molar-refractivity contribution in [3.63, 3.8) is 0 Å². The van der Waals surface area contributed by atoms with Crippen molar-refractivity contribution in [1.82, 2.24) is 15.1 Å². The van der Waals surface area contributed by atoms with Crippen molar-refractivity contribution in [3.8, 4) is 0 Å². The Labute approximate surface area is 245 Å². The SMILES string of the molecule is CCN1CCC(NC(=O)C2Cc3ccccc3N2C(=O)CCN2CCC3(CCc4ccccc43)CC2)C1.Cl.Cl. The molecule has 2 fully saturated rings. The normalized spacial score (nSPS) is 23.6. The standard InChI is InChI=1S/C31H40N4O2.2ClH/c1-2-33-17-12-25(22-33)32-30(37)28-21-24-8-4-6-10-27(24)35(28)29(36)13-18-34-19-15-31(16-20-34)14-11-23-7-3-5-9-26(23)31;;/h3-10,25,28H,2,11-22H2,1H3,(H,32,37);2*1H. The smallest absolute Gasteiger partial charge is 0.243 e. The van der Waals surface area contributed by atoms with Gasteiger partial charge < -0.3 is 15.1 Å². The van der Waals surface area contributed by atoms with E-state index in [-0.39, 0.29) is 42.7 Å². The molecule has 2 aromatic rings. The summed E-state index contributed by atoms with van der Waals surface area (Å²) in [6.07, 6.45) is 6.84. The number of hydrogen-bond donors (Lipinski definition) is 1. The molecule has 4 aliphatic rings. The lowest BCUT2D eigenvalue weighted by molar-refractivity contribution is -0.126. The lowest BCUT2D eigenvalue weighted by atomic mass is 9.74. The van der Waals surface area contributed by atoms with E-state index in [1.165, 1.54) is 31.2 Å². The predicted octanol–water partition coefficient (Wildman–Crippen LogP) is 4.37. The summed E-state index contributed by atoms with van der Waals surface area (Å²) in [5, 5.41) is 3.26. The van der Waals surface area contributed by atoms with Crippen LogP contribution in [0.15, 0.2) is 48.5 Å². The molecule has 2 unspecified atom stereocenters. The van der Waals surface area contributed by atoms with Crippen LogP contribution in [0.25, 0.3) is 0 Å². The summed E-state index contributed by atoms with van der Waals surface area (Å²) in [5.74, 6) is 0.0607. The van der Waals surface area contributed by atoms with E-state index in [0.29, 0.717) is 18.3 Å². The molecule has 3 heterocycles. The van der Waals surface area contributed by atoms with Crippen LogP contribution >= 0.6 is 24.8 Å². The average Bonchev–Trinajstić information content (AvgIpc) is 3.64. The van der Waals surface area contributed by atoms with Gasteiger partial charge in [-0.3, -0.25) is 14.5 Å². The van der Waals surface area contributed by atoms with Crippen LogP contribution < -0.4 is 10.2 Å². The summed E-state index contributed by atoms with van der Waals surface area (Å²) in [6, 6.07) is 16.7. The first-order valence-corrected chi connectivity index (χ1v) is 14.3. The van der Waals surface area contributed by atoms with E-state index in [0.717, 1.165) is 56.9 Å². The Bertz CT molecular complexity index is 1170. The maximum Gasteiger partial charge on any atom is 0.243 e. The number of rotatable bonds is 6. The van der Waals surface area contributed by atoms with E-state index < -0.39 is 6.04 Å². The number of fused-ring (bicyclic) bond motifs is 3. The third-order valence-corrected chi connectivity index (χ3v) is 9.53. The number of benzene rings is 2. The van der Waals surface area contributed by atoms with Gasteiger partial charge in [0.25, 0.3) is 0 Å². The largest absolute Gasteiger partial charge is 0.350 e. The van der Waals surface area contributed by atoms with Crippen molar-refractivity contribution in [2.24, 2.45) is 0 Å². The molecule has 1 N–H and O–H groups in total. The second kappa shape index (κ2) is 12.6. The summed E-state index contributed by atoms with van der Waals surface area (Å²) < 4.78 is 0. The Morgan fingerprint density at radius 2 is 1.64 bits per heavy atom. The molecule has 2 saturated heterocycles. The summed E-state index contributed by atoms with van der Waals surface area (Å²) in [4.78, 5) is 33.6. The molecule has 3 aliphatic heterocycles. The van der Waals surface area contributed by atoms with Gasteiger partial charge in [-0.2, -0.15) is 0 Å². The summed E-state index contributed by atoms with van der Waals surface area (Å²) in [6.45, 7) is 7.94. The number of likely N-dealkylation sites (N-methyl/N-ethyl adjacent to an activating group) is 1. The van der Waals surface area contributed by atoms with Gasteiger partial charge >= 0.3 is 0 Å². The van der Waals surface area contributed by atoms with Gasteiger partial charge in [-0.05, 0) is 79.9 Å². The van der Waals surface area contributed by atoms with Crippen LogP contribution in [0.2, 0.25) is 0 Å². The fourth-order valence-electron chi connectivity index (χ4n) is 7.30. The van der Waals surface area contributed by atoms with Gasteiger partial charge in [-0.25, -0.2) is 0 Å². The molecule has 2 amide bonds.